The lowest BCUT2D eigenvalue weighted by molar-refractivity contribution is 0.451. The second-order valence-electron chi connectivity index (χ2n) is 4.20. The van der Waals surface area contributed by atoms with E-state index in [9.17, 15) is 4.39 Å². The van der Waals surface area contributed by atoms with Gasteiger partial charge in [0.1, 0.15) is 11.6 Å². The van der Waals surface area contributed by atoms with E-state index in [0.29, 0.717) is 24.1 Å². The summed E-state index contributed by atoms with van der Waals surface area (Å²) in [5, 5.41) is 6.04. The number of nitrogens with zero attached hydrogens (tertiary/aromatic N) is 2. The van der Waals surface area contributed by atoms with Crippen LogP contribution >= 0.6 is 0 Å². The van der Waals surface area contributed by atoms with Gasteiger partial charge in [0.05, 0.1) is 0 Å². The van der Waals surface area contributed by atoms with Gasteiger partial charge >= 0.3 is 0 Å². The number of guanidine groups is 1. The van der Waals surface area contributed by atoms with Gasteiger partial charge < -0.3 is 15.4 Å². The maximum atomic E-state index is 13.2. The number of halogens is 1. The van der Waals surface area contributed by atoms with Crippen LogP contribution in [-0.4, -0.2) is 25.0 Å². The number of benzene rings is 1. The Morgan fingerprint density at radius 1 is 1.33 bits per heavy atom. The summed E-state index contributed by atoms with van der Waals surface area (Å²) < 4.78 is 18.8. The van der Waals surface area contributed by atoms with Crippen LogP contribution in [0.4, 0.5) is 4.39 Å². The predicted octanol–water partition coefficient (Wildman–Crippen LogP) is 2.31. The first-order valence-corrected chi connectivity index (χ1v) is 6.48. The van der Waals surface area contributed by atoms with Crippen LogP contribution in [0.5, 0.6) is 11.6 Å². The summed E-state index contributed by atoms with van der Waals surface area (Å²) in [6.45, 7) is 0.492. The van der Waals surface area contributed by atoms with E-state index in [0.717, 1.165) is 5.56 Å². The van der Waals surface area contributed by atoms with Crippen molar-refractivity contribution in [3.05, 3.63) is 54.0 Å². The molecule has 21 heavy (non-hydrogen) atoms. The topological polar surface area (TPSA) is 58.5 Å². The number of nitrogens with one attached hydrogen (secondary N) is 2. The molecule has 0 unspecified atom stereocenters. The van der Waals surface area contributed by atoms with E-state index in [4.69, 9.17) is 4.74 Å². The maximum absolute atomic E-state index is 13.2. The monoisotopic (exact) mass is 288 g/mol. The molecule has 2 N–H and O–H groups in total. The van der Waals surface area contributed by atoms with E-state index in [1.54, 1.807) is 32.4 Å². The van der Waals surface area contributed by atoms with E-state index in [1.165, 1.54) is 12.1 Å². The molecule has 1 heterocycles. The molecule has 5 nitrogen and oxygen atoms in total. The molecule has 0 fully saturated rings. The Hall–Kier alpha value is -2.63. The number of hydrogen-bond acceptors (Lipinski definition) is 3. The molecule has 110 valence electrons. The van der Waals surface area contributed by atoms with Crippen molar-refractivity contribution >= 4 is 5.96 Å². The van der Waals surface area contributed by atoms with Crippen molar-refractivity contribution in [2.45, 2.75) is 6.54 Å². The highest BCUT2D eigenvalue weighted by Gasteiger charge is 2.07. The third-order valence-electron chi connectivity index (χ3n) is 2.77. The first kappa shape index (κ1) is 14.8. The molecule has 6 heteroatoms. The Kier molecular flexibility index (Phi) is 5.09. The van der Waals surface area contributed by atoms with Crippen LogP contribution in [0.3, 0.4) is 0 Å². The number of aliphatic imine (C=N–C) groups is 1. The zero-order valence-electron chi connectivity index (χ0n) is 11.9. The standard InChI is InChI=1S/C15H17FN4O/c1-17-15(18-2)20-10-11-5-4-8-19-14(11)21-13-7-3-6-12(16)9-13/h3-9H,10H2,1-2H3,(H2,17,18,20). The summed E-state index contributed by atoms with van der Waals surface area (Å²) >= 11 is 0. The Bertz CT molecular complexity index is 631. The number of rotatable bonds is 4. The third-order valence-corrected chi connectivity index (χ3v) is 2.77. The van der Waals surface area contributed by atoms with Gasteiger partial charge in [-0.05, 0) is 18.2 Å². The lowest BCUT2D eigenvalue weighted by atomic mass is 10.2. The van der Waals surface area contributed by atoms with Gasteiger partial charge in [-0.2, -0.15) is 0 Å². The Morgan fingerprint density at radius 2 is 2.19 bits per heavy atom. The molecule has 0 aliphatic heterocycles. The molecular formula is C15H17FN4O. The minimum absolute atomic E-state index is 0.348. The highest BCUT2D eigenvalue weighted by Crippen LogP contribution is 2.23. The zero-order chi connectivity index (χ0) is 15.1. The minimum Gasteiger partial charge on any atom is -0.439 e. The van der Waals surface area contributed by atoms with Crippen molar-refractivity contribution in [2.75, 3.05) is 14.1 Å². The summed E-state index contributed by atoms with van der Waals surface area (Å²) in [5.74, 6) is 1.16. The molecule has 0 radical (unpaired) electrons. The Labute approximate surface area is 122 Å². The van der Waals surface area contributed by atoms with Gasteiger partial charge in [0.25, 0.3) is 0 Å². The summed E-state index contributed by atoms with van der Waals surface area (Å²) in [7, 11) is 3.47. The normalized spacial score (nSPS) is 11.1. The van der Waals surface area contributed by atoms with Crippen molar-refractivity contribution in [3.8, 4) is 11.6 Å². The molecule has 0 saturated carbocycles. The van der Waals surface area contributed by atoms with Gasteiger partial charge in [-0.25, -0.2) is 9.37 Å². The van der Waals surface area contributed by atoms with Crippen LogP contribution < -0.4 is 15.4 Å². The molecule has 0 aliphatic rings. The van der Waals surface area contributed by atoms with Crippen molar-refractivity contribution in [3.63, 3.8) is 0 Å². The van der Waals surface area contributed by atoms with Crippen molar-refractivity contribution < 1.29 is 9.13 Å². The van der Waals surface area contributed by atoms with Crippen molar-refractivity contribution in [1.82, 2.24) is 15.6 Å². The fraction of sp³-hybridized carbons (Fsp3) is 0.200. The molecule has 1 aromatic heterocycles. The van der Waals surface area contributed by atoms with Crippen LogP contribution in [-0.2, 0) is 6.54 Å². The van der Waals surface area contributed by atoms with Crippen molar-refractivity contribution in [2.24, 2.45) is 4.99 Å². The number of ether oxygens (including phenoxy) is 1. The van der Waals surface area contributed by atoms with E-state index >= 15 is 0 Å². The van der Waals surface area contributed by atoms with E-state index in [1.807, 2.05) is 12.1 Å². The molecule has 0 spiro atoms. The quantitative estimate of drug-likeness (QED) is 0.669. The number of aromatic nitrogens is 1. The van der Waals surface area contributed by atoms with Gasteiger partial charge in [-0.15, -0.1) is 0 Å². The smallest absolute Gasteiger partial charge is 0.224 e. The highest BCUT2D eigenvalue weighted by molar-refractivity contribution is 5.79. The van der Waals surface area contributed by atoms with Crippen molar-refractivity contribution in [1.29, 1.82) is 0 Å². The largest absolute Gasteiger partial charge is 0.439 e. The van der Waals surface area contributed by atoms with Gasteiger partial charge in [0.2, 0.25) is 5.88 Å². The average molecular weight is 288 g/mol. The predicted molar refractivity (Wildman–Crippen MR) is 80.0 cm³/mol. The number of pyridine rings is 1. The van der Waals surface area contributed by atoms with Gasteiger partial charge in [-0.3, -0.25) is 4.99 Å². The molecule has 2 rings (SSSR count). The van der Waals surface area contributed by atoms with E-state index in [-0.39, 0.29) is 5.82 Å². The molecule has 1 aromatic carbocycles. The maximum Gasteiger partial charge on any atom is 0.224 e. The van der Waals surface area contributed by atoms with Crippen LogP contribution in [0.1, 0.15) is 5.56 Å². The average Bonchev–Trinajstić information content (AvgIpc) is 2.50. The lowest BCUT2D eigenvalue weighted by Gasteiger charge is -2.12. The molecule has 0 bridgehead atoms. The second-order valence-corrected chi connectivity index (χ2v) is 4.20. The van der Waals surface area contributed by atoms with Gasteiger partial charge in [-0.1, -0.05) is 12.1 Å². The van der Waals surface area contributed by atoms with Crippen LogP contribution in [0.15, 0.2) is 47.6 Å². The Morgan fingerprint density at radius 3 is 2.90 bits per heavy atom. The molecule has 0 aliphatic carbocycles. The second kappa shape index (κ2) is 7.23. The minimum atomic E-state index is -0.348. The summed E-state index contributed by atoms with van der Waals surface area (Å²) in [6.07, 6.45) is 1.63. The molecule has 0 saturated heterocycles. The molecule has 2 aromatic rings. The first-order valence-electron chi connectivity index (χ1n) is 6.48. The lowest BCUT2D eigenvalue weighted by Crippen LogP contribution is -2.34. The summed E-state index contributed by atoms with van der Waals surface area (Å²) in [5.41, 5.74) is 0.846. The Balaban J connectivity index is 2.13. The van der Waals surface area contributed by atoms with Gasteiger partial charge in [0, 0.05) is 38.5 Å². The van der Waals surface area contributed by atoms with Crippen LogP contribution in [0.25, 0.3) is 0 Å². The zero-order valence-corrected chi connectivity index (χ0v) is 11.9. The molecule has 0 atom stereocenters. The highest BCUT2D eigenvalue weighted by atomic mass is 19.1. The molecular weight excluding hydrogens is 271 g/mol. The molecule has 0 amide bonds. The van der Waals surface area contributed by atoms with Crippen LogP contribution in [0, 0.1) is 5.82 Å². The summed E-state index contributed by atoms with van der Waals surface area (Å²) in [6, 6.07) is 9.66. The van der Waals surface area contributed by atoms with Crippen LogP contribution in [0.2, 0.25) is 0 Å². The summed E-state index contributed by atoms with van der Waals surface area (Å²) in [4.78, 5) is 8.22. The fourth-order valence-electron chi connectivity index (χ4n) is 1.75. The SMILES string of the molecule is CN=C(NC)NCc1cccnc1Oc1cccc(F)c1. The fourth-order valence-corrected chi connectivity index (χ4v) is 1.75. The van der Waals surface area contributed by atoms with E-state index in [2.05, 4.69) is 20.6 Å². The van der Waals surface area contributed by atoms with Gasteiger partial charge in [0.15, 0.2) is 5.96 Å². The first-order chi connectivity index (χ1) is 10.2. The number of hydrogen-bond donors (Lipinski definition) is 2. The van der Waals surface area contributed by atoms with E-state index < -0.39 is 0 Å². The third kappa shape index (κ3) is 4.17.